The molecule has 1 aliphatic heterocycles. The zero-order chi connectivity index (χ0) is 10.1. The zero-order valence-electron chi connectivity index (χ0n) is 7.87. The van der Waals surface area contributed by atoms with Gasteiger partial charge in [0.2, 0.25) is 0 Å². The molecule has 0 amide bonds. The number of carbonyl (C=O) groups is 1. The van der Waals surface area contributed by atoms with Crippen molar-refractivity contribution in [3.63, 3.8) is 0 Å². The van der Waals surface area contributed by atoms with Crippen LogP contribution in [0.4, 0.5) is 0 Å². The Morgan fingerprint density at radius 3 is 3.07 bits per heavy atom. The lowest BCUT2D eigenvalue weighted by molar-refractivity contribution is -0.134. The zero-order valence-corrected chi connectivity index (χ0v) is 7.87. The molecule has 2 aliphatic rings. The number of esters is 1. The van der Waals surface area contributed by atoms with Crippen LogP contribution in [0.3, 0.4) is 0 Å². The molecule has 0 spiro atoms. The largest absolute Gasteiger partial charge is 0.485 e. The molecule has 1 aliphatic carbocycles. The normalized spacial score (nSPS) is 17.6. The number of allylic oxidation sites excluding steroid dienone is 2. The van der Waals surface area contributed by atoms with E-state index in [4.69, 9.17) is 9.47 Å². The van der Waals surface area contributed by atoms with Crippen LogP contribution in [0.25, 0.3) is 0 Å². The monoisotopic (exact) mass is 190 g/mol. The highest BCUT2D eigenvalue weighted by Gasteiger charge is 2.23. The first-order chi connectivity index (χ1) is 6.68. The maximum atomic E-state index is 11.2. The number of carbonyl (C=O) groups excluding carboxylic acids is 1. The molecule has 0 aromatic carbocycles. The van der Waals surface area contributed by atoms with Crippen molar-refractivity contribution in [2.75, 3.05) is 6.61 Å². The Balaban J connectivity index is 2.17. The van der Waals surface area contributed by atoms with Crippen molar-refractivity contribution < 1.29 is 14.3 Å². The SMILES string of the molecule is C=C(C)C(=O)OC1=C2OCC=C2C=C1. The summed E-state index contributed by atoms with van der Waals surface area (Å²) >= 11 is 0. The van der Waals surface area contributed by atoms with Crippen molar-refractivity contribution in [1.29, 1.82) is 0 Å². The van der Waals surface area contributed by atoms with Crippen LogP contribution in [0.2, 0.25) is 0 Å². The number of hydrogen-bond acceptors (Lipinski definition) is 3. The Bertz CT molecular complexity index is 397. The summed E-state index contributed by atoms with van der Waals surface area (Å²) in [6.07, 6.45) is 5.53. The maximum absolute atomic E-state index is 11.2. The van der Waals surface area contributed by atoms with Crippen LogP contribution in [0.1, 0.15) is 6.92 Å². The lowest BCUT2D eigenvalue weighted by atomic mass is 10.3. The van der Waals surface area contributed by atoms with Crippen molar-refractivity contribution in [2.24, 2.45) is 0 Å². The molecule has 0 aromatic rings. The molecule has 14 heavy (non-hydrogen) atoms. The van der Waals surface area contributed by atoms with E-state index in [9.17, 15) is 4.79 Å². The second-order valence-corrected chi connectivity index (χ2v) is 3.17. The molecule has 0 N–H and O–H groups in total. The summed E-state index contributed by atoms with van der Waals surface area (Å²) in [5.74, 6) is 0.704. The Labute approximate surface area is 82.0 Å². The summed E-state index contributed by atoms with van der Waals surface area (Å²) in [5.41, 5.74) is 1.36. The molecule has 2 rings (SSSR count). The third kappa shape index (κ3) is 1.37. The predicted molar refractivity (Wildman–Crippen MR) is 51.1 cm³/mol. The van der Waals surface area contributed by atoms with Gasteiger partial charge in [-0.1, -0.05) is 6.58 Å². The summed E-state index contributed by atoms with van der Waals surface area (Å²) in [6.45, 7) is 5.66. The first kappa shape index (κ1) is 8.81. The molecule has 0 unspecified atom stereocenters. The van der Waals surface area contributed by atoms with Gasteiger partial charge in [-0.05, 0) is 25.2 Å². The fourth-order valence-electron chi connectivity index (χ4n) is 1.26. The minimum absolute atomic E-state index is 0.377. The molecular formula is C11H10O3. The number of fused-ring (bicyclic) bond motifs is 1. The van der Waals surface area contributed by atoms with Gasteiger partial charge in [0.25, 0.3) is 0 Å². The summed E-state index contributed by atoms with van der Waals surface area (Å²) in [6, 6.07) is 0. The first-order valence-corrected chi connectivity index (χ1v) is 4.32. The second kappa shape index (κ2) is 3.18. The smallest absolute Gasteiger partial charge is 0.338 e. The van der Waals surface area contributed by atoms with Crippen molar-refractivity contribution in [3.05, 3.63) is 47.5 Å². The molecule has 72 valence electrons. The second-order valence-electron chi connectivity index (χ2n) is 3.17. The molecule has 1 heterocycles. The molecule has 3 heteroatoms. The van der Waals surface area contributed by atoms with Crippen molar-refractivity contribution >= 4 is 5.97 Å². The molecule has 3 nitrogen and oxygen atoms in total. The molecule has 0 bridgehead atoms. The molecular weight excluding hydrogens is 180 g/mol. The van der Waals surface area contributed by atoms with Gasteiger partial charge >= 0.3 is 5.97 Å². The topological polar surface area (TPSA) is 35.5 Å². The number of hydrogen-bond donors (Lipinski definition) is 0. The lowest BCUT2D eigenvalue weighted by Gasteiger charge is -2.05. The van der Waals surface area contributed by atoms with E-state index in [0.29, 0.717) is 23.7 Å². The molecule has 0 fully saturated rings. The van der Waals surface area contributed by atoms with Crippen molar-refractivity contribution in [1.82, 2.24) is 0 Å². The third-order valence-corrected chi connectivity index (χ3v) is 1.98. The van der Waals surface area contributed by atoms with Gasteiger partial charge in [0.05, 0.1) is 0 Å². The van der Waals surface area contributed by atoms with Crippen LogP contribution in [0.15, 0.2) is 47.5 Å². The summed E-state index contributed by atoms with van der Waals surface area (Å²) in [5, 5.41) is 0. The Hall–Kier alpha value is -1.77. The predicted octanol–water partition coefficient (Wildman–Crippen LogP) is 1.84. The van der Waals surface area contributed by atoms with E-state index >= 15 is 0 Å². The Morgan fingerprint density at radius 1 is 1.57 bits per heavy atom. The number of ether oxygens (including phenoxy) is 2. The van der Waals surface area contributed by atoms with Gasteiger partial charge in [0.1, 0.15) is 6.61 Å². The van der Waals surface area contributed by atoms with E-state index in [-0.39, 0.29) is 0 Å². The van der Waals surface area contributed by atoms with Crippen LogP contribution in [0.5, 0.6) is 0 Å². The van der Waals surface area contributed by atoms with Crippen LogP contribution >= 0.6 is 0 Å². The minimum Gasteiger partial charge on any atom is -0.485 e. The summed E-state index contributed by atoms with van der Waals surface area (Å²) < 4.78 is 10.4. The van der Waals surface area contributed by atoms with Gasteiger partial charge < -0.3 is 9.47 Å². The fraction of sp³-hybridized carbons (Fsp3) is 0.182. The van der Waals surface area contributed by atoms with Gasteiger partial charge in [0, 0.05) is 11.1 Å². The molecule has 0 saturated heterocycles. The van der Waals surface area contributed by atoms with Crippen LogP contribution < -0.4 is 0 Å². The fourth-order valence-corrected chi connectivity index (χ4v) is 1.26. The molecule has 0 atom stereocenters. The van der Waals surface area contributed by atoms with E-state index < -0.39 is 5.97 Å². The highest BCUT2D eigenvalue weighted by molar-refractivity contribution is 5.88. The quantitative estimate of drug-likeness (QED) is 0.492. The van der Waals surface area contributed by atoms with Gasteiger partial charge in [-0.2, -0.15) is 0 Å². The van der Waals surface area contributed by atoms with Gasteiger partial charge in [-0.3, -0.25) is 0 Å². The summed E-state index contributed by atoms with van der Waals surface area (Å²) in [4.78, 5) is 11.2. The van der Waals surface area contributed by atoms with Gasteiger partial charge in [-0.15, -0.1) is 0 Å². The Morgan fingerprint density at radius 2 is 2.36 bits per heavy atom. The van der Waals surface area contributed by atoms with E-state index in [1.54, 1.807) is 13.0 Å². The average Bonchev–Trinajstić information content (AvgIpc) is 2.69. The maximum Gasteiger partial charge on any atom is 0.338 e. The first-order valence-electron chi connectivity index (χ1n) is 4.32. The summed E-state index contributed by atoms with van der Waals surface area (Å²) in [7, 11) is 0. The van der Waals surface area contributed by atoms with Crippen LogP contribution in [0, 0.1) is 0 Å². The van der Waals surface area contributed by atoms with E-state index in [1.807, 2.05) is 12.2 Å². The third-order valence-electron chi connectivity index (χ3n) is 1.98. The van der Waals surface area contributed by atoms with Gasteiger partial charge in [-0.25, -0.2) is 4.79 Å². The van der Waals surface area contributed by atoms with Crippen LogP contribution in [-0.4, -0.2) is 12.6 Å². The highest BCUT2D eigenvalue weighted by atomic mass is 16.6. The van der Waals surface area contributed by atoms with Crippen molar-refractivity contribution in [2.45, 2.75) is 6.92 Å². The average molecular weight is 190 g/mol. The van der Waals surface area contributed by atoms with Crippen molar-refractivity contribution in [3.8, 4) is 0 Å². The lowest BCUT2D eigenvalue weighted by Crippen LogP contribution is -2.04. The van der Waals surface area contributed by atoms with Crippen LogP contribution in [-0.2, 0) is 14.3 Å². The van der Waals surface area contributed by atoms with E-state index in [0.717, 1.165) is 5.57 Å². The minimum atomic E-state index is -0.422. The van der Waals surface area contributed by atoms with E-state index in [1.165, 1.54) is 0 Å². The van der Waals surface area contributed by atoms with E-state index in [2.05, 4.69) is 6.58 Å². The number of rotatable bonds is 2. The molecule has 0 radical (unpaired) electrons. The molecule has 0 aromatic heterocycles. The Kier molecular flexibility index (Phi) is 2.00. The molecule has 0 saturated carbocycles. The standard InChI is InChI=1S/C11H10O3/c1-7(2)11(12)14-9-4-3-8-5-6-13-10(8)9/h3-5H,1,6H2,2H3. The van der Waals surface area contributed by atoms with Gasteiger partial charge in [0.15, 0.2) is 11.5 Å². The highest BCUT2D eigenvalue weighted by Crippen LogP contribution is 2.30.